The van der Waals surface area contributed by atoms with Crippen molar-refractivity contribution in [1.82, 2.24) is 104 Å². The van der Waals surface area contributed by atoms with Crippen molar-refractivity contribution >= 4 is 51.7 Å². The van der Waals surface area contributed by atoms with Gasteiger partial charge >= 0.3 is 0 Å². The Kier molecular flexibility index (Phi) is 26.3. The molecule has 14 aromatic heterocycles. The third kappa shape index (κ3) is 20.8. The standard InChI is InChI=1S/C26H25FN6.C25H24FN7.C20H16N4.C18H13FN4.C18H14N4/c1-18-17-19(4-9-23(18)27)25-22(3-2-11-29-25)24-10-12-30-26(32-24)31-20-5-7-21(8-6-20)33-15-13-28-14-16-33;1-17-15-18(4-6-21(17)26)24-20(3-2-9-28-24)22-8-10-29-25(32-22)31-19-5-7-23(30-16-19)33-13-11-27-12-14-33;1-3-15(14-6-7-14)13-16(4-1)20-17(5-2-10-21-20)18-9-12-24-19(23-18)8-11-22-24;1-12-11-13(4-5-15(12)19)18-14(3-2-8-20-18)16-7-10-23-17(22-16)6-9-21-23;1-13-4-2-5-14(12-13)18-15(6-3-9-19-18)16-8-11-22-17(21-16)7-10-20-22/h2-12,17,28H,13-16H2,1H3,(H,30,31,32);2-10,15-16,27H,11-14H2,1H3,(H,29,31,32);1-5,8-14H,6-7H2;2-11H,1H3;2-12H,1H3. The van der Waals surface area contributed by atoms with Crippen LogP contribution >= 0.6 is 0 Å². The second-order valence-electron chi connectivity index (χ2n) is 32.7. The van der Waals surface area contributed by atoms with Gasteiger partial charge in [-0.05, 0) is 263 Å². The highest BCUT2D eigenvalue weighted by atomic mass is 19.1. The molecule has 2 saturated heterocycles. The average Bonchev–Trinajstić information content (AvgIpc) is 1.64. The van der Waals surface area contributed by atoms with Crippen molar-refractivity contribution < 1.29 is 13.2 Å². The van der Waals surface area contributed by atoms with Crippen LogP contribution in [0.2, 0.25) is 0 Å². The van der Waals surface area contributed by atoms with Gasteiger partial charge in [0.1, 0.15) is 23.3 Å². The normalized spacial score (nSPS) is 12.9. The summed E-state index contributed by atoms with van der Waals surface area (Å²) < 4.78 is 46.3. The zero-order chi connectivity index (χ0) is 91.9. The van der Waals surface area contributed by atoms with Gasteiger partial charge in [0.15, 0.2) is 16.9 Å². The number of piperazine rings is 2. The molecule has 1 saturated carbocycles. The number of pyridine rings is 6. The summed E-state index contributed by atoms with van der Waals surface area (Å²) in [6.45, 7) is 15.2. The van der Waals surface area contributed by atoms with Gasteiger partial charge < -0.3 is 31.1 Å². The van der Waals surface area contributed by atoms with E-state index in [-0.39, 0.29) is 17.5 Å². The molecule has 4 N–H and O–H groups in total. The fraction of sp³-hybridized carbons (Fsp3) is 0.140. The summed E-state index contributed by atoms with van der Waals surface area (Å²) in [6.07, 6.45) is 27.6. The summed E-state index contributed by atoms with van der Waals surface area (Å²) in [4.78, 5) is 64.2. The number of rotatable bonds is 17. The lowest BCUT2D eigenvalue weighted by Crippen LogP contribution is -2.43. The van der Waals surface area contributed by atoms with Crippen LogP contribution in [0.1, 0.15) is 46.6 Å². The molecule has 0 unspecified atom stereocenters. The maximum absolute atomic E-state index is 13.8. The summed E-state index contributed by atoms with van der Waals surface area (Å²) in [5.41, 5.74) is 27.6. The molecular formula is C107H92F3N25. The Balaban J connectivity index is 0.000000109. The summed E-state index contributed by atoms with van der Waals surface area (Å²) in [6, 6.07) is 79.2. The van der Waals surface area contributed by atoms with Crippen LogP contribution in [0, 0.1) is 45.1 Å². The van der Waals surface area contributed by atoms with Crippen LogP contribution in [0.4, 0.5) is 47.9 Å². The van der Waals surface area contributed by atoms with Gasteiger partial charge in [-0.3, -0.25) is 24.9 Å². The molecule has 0 radical (unpaired) electrons. The molecule has 3 aliphatic rings. The number of hydrogen-bond donors (Lipinski definition) is 4. The van der Waals surface area contributed by atoms with Crippen LogP contribution < -0.4 is 31.1 Å². The summed E-state index contributed by atoms with van der Waals surface area (Å²) in [5.74, 6) is 1.99. The van der Waals surface area contributed by atoms with Gasteiger partial charge in [0.2, 0.25) is 11.9 Å². The van der Waals surface area contributed by atoms with E-state index < -0.39 is 0 Å². The summed E-state index contributed by atoms with van der Waals surface area (Å²) in [7, 11) is 0. The van der Waals surface area contributed by atoms with Crippen LogP contribution in [-0.2, 0) is 0 Å². The Morgan fingerprint density at radius 2 is 0.689 bits per heavy atom. The van der Waals surface area contributed by atoms with Crippen molar-refractivity contribution in [2.24, 2.45) is 0 Å². The molecule has 20 aromatic rings. The number of fused-ring (bicyclic) bond motifs is 3. The third-order valence-electron chi connectivity index (χ3n) is 23.3. The van der Waals surface area contributed by atoms with Gasteiger partial charge in [0.25, 0.3) is 0 Å². The largest absolute Gasteiger partial charge is 0.369 e. The van der Waals surface area contributed by atoms with E-state index in [4.69, 9.17) is 15.0 Å². The molecule has 6 aromatic carbocycles. The van der Waals surface area contributed by atoms with Crippen LogP contribution in [-0.4, -0.2) is 146 Å². The van der Waals surface area contributed by atoms with Gasteiger partial charge in [-0.25, -0.2) is 66.6 Å². The van der Waals surface area contributed by atoms with E-state index in [0.29, 0.717) is 28.6 Å². The van der Waals surface area contributed by atoms with Gasteiger partial charge in [-0.1, -0.05) is 42.0 Å². The molecular weight excluding hydrogens is 1690 g/mol. The maximum atomic E-state index is 13.8. The number of aryl methyl sites for hydroxylation is 4. The maximum Gasteiger partial charge on any atom is 0.227 e. The Labute approximate surface area is 777 Å². The lowest BCUT2D eigenvalue weighted by Gasteiger charge is -2.29. The molecule has 0 spiro atoms. The van der Waals surface area contributed by atoms with E-state index in [1.807, 2.05) is 158 Å². The third-order valence-corrected chi connectivity index (χ3v) is 23.3. The zero-order valence-corrected chi connectivity index (χ0v) is 74.4. The number of anilines is 6. The van der Waals surface area contributed by atoms with E-state index in [2.05, 4.69) is 176 Å². The molecule has 3 fully saturated rings. The molecule has 25 nitrogen and oxygen atoms in total. The van der Waals surface area contributed by atoms with Crippen molar-refractivity contribution in [3.8, 4) is 113 Å². The fourth-order valence-corrected chi connectivity index (χ4v) is 16.2. The predicted molar refractivity (Wildman–Crippen MR) is 525 cm³/mol. The Bertz CT molecular complexity index is 7360. The lowest BCUT2D eigenvalue weighted by atomic mass is 10.00. The number of hydrogen-bond acceptors (Lipinski definition) is 22. The Morgan fingerprint density at radius 1 is 0.311 bits per heavy atom. The molecule has 16 heterocycles. The Morgan fingerprint density at radius 3 is 1.08 bits per heavy atom. The van der Waals surface area contributed by atoms with E-state index in [9.17, 15) is 13.2 Å². The zero-order valence-electron chi connectivity index (χ0n) is 74.4. The van der Waals surface area contributed by atoms with Crippen LogP contribution in [0.15, 0.2) is 335 Å². The second-order valence-corrected chi connectivity index (χ2v) is 32.7. The molecule has 1 aliphatic carbocycles. The van der Waals surface area contributed by atoms with Crippen LogP contribution in [0.25, 0.3) is 130 Å². The second kappa shape index (κ2) is 40.7. The van der Waals surface area contributed by atoms with Crippen molar-refractivity contribution in [3.05, 3.63) is 381 Å². The number of aromatic nitrogens is 19. The first-order valence-corrected chi connectivity index (χ1v) is 44.6. The summed E-state index contributed by atoms with van der Waals surface area (Å²) in [5, 5.41) is 25.8. The molecule has 135 heavy (non-hydrogen) atoms. The highest BCUT2D eigenvalue weighted by Crippen LogP contribution is 2.43. The number of nitrogens with zero attached hydrogens (tertiary/aromatic N) is 21. The minimum atomic E-state index is -0.235. The van der Waals surface area contributed by atoms with E-state index in [1.54, 1.807) is 120 Å². The van der Waals surface area contributed by atoms with E-state index in [1.165, 1.54) is 47.9 Å². The van der Waals surface area contributed by atoms with Crippen LogP contribution in [0.5, 0.6) is 0 Å². The predicted octanol–water partition coefficient (Wildman–Crippen LogP) is 21.0. The first-order chi connectivity index (χ1) is 66.3. The van der Waals surface area contributed by atoms with Crippen molar-refractivity contribution in [2.45, 2.75) is 46.5 Å². The molecule has 0 atom stereocenters. The smallest absolute Gasteiger partial charge is 0.227 e. The van der Waals surface area contributed by atoms with Gasteiger partial charge in [0, 0.05) is 200 Å². The minimum absolute atomic E-state index is 0.218. The van der Waals surface area contributed by atoms with Gasteiger partial charge in [-0.15, -0.1) is 0 Å². The number of benzene rings is 6. The highest BCUT2D eigenvalue weighted by molar-refractivity contribution is 5.85. The van der Waals surface area contributed by atoms with Gasteiger partial charge in [0.05, 0.1) is 87.4 Å². The minimum Gasteiger partial charge on any atom is -0.369 e. The average molecular weight is 1790 g/mol. The first kappa shape index (κ1) is 87.5. The molecule has 666 valence electrons. The highest BCUT2D eigenvalue weighted by Gasteiger charge is 2.25. The SMILES string of the molecule is Cc1cc(-c2ncccc2-c2ccn3nccc3n2)ccc1F.Cc1cc(-c2ncccc2-c2ccnc(Nc3ccc(N4CCNCC4)cc3)n2)ccc1F.Cc1cc(-c2ncccc2-c2ccnc(Nc3ccc(N4CCNCC4)nc3)n2)ccc1F.Cc1cccc(-c2ncccc2-c2ccn3nccc3n2)c1.c1cc(-c2ncccc2-c2ccn3nccc3n2)cc(C2CC2)c1. The topological polar surface area (TPSA) is 274 Å². The fourth-order valence-electron chi connectivity index (χ4n) is 16.2. The molecule has 23 rings (SSSR count). The summed E-state index contributed by atoms with van der Waals surface area (Å²) >= 11 is 0. The number of halogens is 3. The van der Waals surface area contributed by atoms with Gasteiger partial charge in [-0.2, -0.15) is 15.3 Å². The number of nitrogens with one attached hydrogen (secondary N) is 4. The van der Waals surface area contributed by atoms with Crippen molar-refractivity contribution in [1.29, 1.82) is 0 Å². The lowest BCUT2D eigenvalue weighted by molar-refractivity contribution is 0.585. The first-order valence-electron chi connectivity index (χ1n) is 44.6. The molecule has 0 bridgehead atoms. The van der Waals surface area contributed by atoms with E-state index >= 15 is 0 Å². The van der Waals surface area contributed by atoms with Crippen molar-refractivity contribution in [2.75, 3.05) is 72.8 Å². The Hall–Kier alpha value is -16.9. The van der Waals surface area contributed by atoms with Crippen LogP contribution in [0.3, 0.4) is 0 Å². The molecule has 2 aliphatic heterocycles. The molecule has 28 heteroatoms. The quantitative estimate of drug-likeness (QED) is 0.0659. The molecule has 0 amide bonds. The monoisotopic (exact) mass is 1780 g/mol. The van der Waals surface area contributed by atoms with E-state index in [0.717, 1.165) is 205 Å². The van der Waals surface area contributed by atoms with Crippen molar-refractivity contribution in [3.63, 3.8) is 0 Å².